The summed E-state index contributed by atoms with van der Waals surface area (Å²) < 4.78 is 0. The Kier molecular flexibility index (Phi) is 9.78. The molecule has 20 heavy (non-hydrogen) atoms. The molecule has 1 fully saturated rings. The predicted octanol–water partition coefficient (Wildman–Crippen LogP) is 5.80. The maximum Gasteiger partial charge on any atom is 0.303 e. The van der Waals surface area contributed by atoms with E-state index in [0.717, 1.165) is 24.7 Å². The molecule has 1 aliphatic carbocycles. The van der Waals surface area contributed by atoms with Gasteiger partial charge in [-0.25, -0.2) is 0 Å². The van der Waals surface area contributed by atoms with Crippen LogP contribution in [-0.4, -0.2) is 11.1 Å². The van der Waals surface area contributed by atoms with E-state index < -0.39 is 5.97 Å². The first-order chi connectivity index (χ1) is 9.74. The van der Waals surface area contributed by atoms with Gasteiger partial charge in [-0.05, 0) is 24.7 Å². The molecule has 2 heteroatoms. The van der Waals surface area contributed by atoms with Crippen molar-refractivity contribution in [1.29, 1.82) is 0 Å². The molecule has 0 aliphatic heterocycles. The fourth-order valence-electron chi connectivity index (χ4n) is 3.24. The molecule has 0 heterocycles. The highest BCUT2D eigenvalue weighted by atomic mass is 16.4. The van der Waals surface area contributed by atoms with Crippen LogP contribution in [0.25, 0.3) is 0 Å². The minimum Gasteiger partial charge on any atom is -0.481 e. The van der Waals surface area contributed by atoms with Crippen LogP contribution >= 0.6 is 0 Å². The van der Waals surface area contributed by atoms with E-state index in [1.54, 1.807) is 0 Å². The Labute approximate surface area is 125 Å². The second-order valence-electron chi connectivity index (χ2n) is 6.66. The third-order valence-corrected chi connectivity index (χ3v) is 4.71. The molecule has 1 aliphatic rings. The van der Waals surface area contributed by atoms with Crippen molar-refractivity contribution in [2.45, 2.75) is 96.8 Å². The molecule has 0 saturated heterocycles. The molecule has 0 spiro atoms. The fourth-order valence-corrected chi connectivity index (χ4v) is 3.24. The van der Waals surface area contributed by atoms with Crippen molar-refractivity contribution in [1.82, 2.24) is 0 Å². The van der Waals surface area contributed by atoms with Crippen LogP contribution in [0.2, 0.25) is 0 Å². The summed E-state index contributed by atoms with van der Waals surface area (Å²) in [4.78, 5) is 10.4. The zero-order valence-electron chi connectivity index (χ0n) is 13.4. The van der Waals surface area contributed by atoms with Gasteiger partial charge in [0.1, 0.15) is 0 Å². The first kappa shape index (κ1) is 17.5. The molecule has 0 aromatic rings. The predicted molar refractivity (Wildman–Crippen MR) is 84.9 cm³/mol. The first-order valence-electron chi connectivity index (χ1n) is 8.95. The van der Waals surface area contributed by atoms with Gasteiger partial charge in [0.15, 0.2) is 0 Å². The average Bonchev–Trinajstić information content (AvgIpc) is 3.16. The maximum atomic E-state index is 10.4. The molecule has 1 rings (SSSR count). The maximum absolute atomic E-state index is 10.4. The van der Waals surface area contributed by atoms with Crippen LogP contribution in [0.1, 0.15) is 96.8 Å². The van der Waals surface area contributed by atoms with Crippen molar-refractivity contribution in [2.75, 3.05) is 0 Å². The molecule has 0 bridgehead atoms. The van der Waals surface area contributed by atoms with E-state index in [2.05, 4.69) is 6.92 Å². The second kappa shape index (κ2) is 11.2. The van der Waals surface area contributed by atoms with E-state index in [9.17, 15) is 4.79 Å². The van der Waals surface area contributed by atoms with Crippen LogP contribution in [0.15, 0.2) is 0 Å². The van der Waals surface area contributed by atoms with Crippen LogP contribution in [0, 0.1) is 11.8 Å². The number of rotatable bonds is 14. The van der Waals surface area contributed by atoms with E-state index in [-0.39, 0.29) is 0 Å². The topological polar surface area (TPSA) is 37.3 Å². The quantitative estimate of drug-likeness (QED) is 0.409. The van der Waals surface area contributed by atoms with Gasteiger partial charge in [-0.1, -0.05) is 77.6 Å². The Morgan fingerprint density at radius 3 is 1.90 bits per heavy atom. The highest BCUT2D eigenvalue weighted by molar-refractivity contribution is 5.66. The molecular weight excluding hydrogens is 248 g/mol. The summed E-state index contributed by atoms with van der Waals surface area (Å²) in [5.41, 5.74) is 0. The van der Waals surface area contributed by atoms with Crippen LogP contribution in [0.4, 0.5) is 0 Å². The van der Waals surface area contributed by atoms with E-state index in [4.69, 9.17) is 5.11 Å². The largest absolute Gasteiger partial charge is 0.481 e. The van der Waals surface area contributed by atoms with E-state index >= 15 is 0 Å². The Morgan fingerprint density at radius 1 is 0.850 bits per heavy atom. The van der Waals surface area contributed by atoms with Gasteiger partial charge in [0.05, 0.1) is 0 Å². The standard InChI is InChI=1S/C18H34O2/c1-2-3-4-5-6-7-8-9-12-16-15-17(16)13-10-11-14-18(19)20/h16-17H,2-15H2,1H3,(H,19,20)/t16-,17+/m1/s1. The van der Waals surface area contributed by atoms with Gasteiger partial charge in [-0.3, -0.25) is 4.79 Å². The van der Waals surface area contributed by atoms with Gasteiger partial charge >= 0.3 is 5.97 Å². The molecule has 0 amide bonds. The lowest BCUT2D eigenvalue weighted by atomic mass is 10.0. The normalized spacial score (nSPS) is 21.1. The zero-order valence-corrected chi connectivity index (χ0v) is 13.4. The van der Waals surface area contributed by atoms with Gasteiger partial charge in [0, 0.05) is 6.42 Å². The first-order valence-corrected chi connectivity index (χ1v) is 8.95. The number of unbranched alkanes of at least 4 members (excludes halogenated alkanes) is 8. The molecule has 1 N–H and O–H groups in total. The Morgan fingerprint density at radius 2 is 1.35 bits per heavy atom. The van der Waals surface area contributed by atoms with Crippen molar-refractivity contribution in [3.8, 4) is 0 Å². The van der Waals surface area contributed by atoms with Gasteiger partial charge in [0.25, 0.3) is 0 Å². The van der Waals surface area contributed by atoms with Crippen LogP contribution in [-0.2, 0) is 4.79 Å². The lowest BCUT2D eigenvalue weighted by Gasteiger charge is -2.02. The minimum atomic E-state index is -0.642. The molecule has 1 saturated carbocycles. The summed E-state index contributed by atoms with van der Waals surface area (Å²) in [5, 5.41) is 8.58. The number of carboxylic acid groups (broad SMARTS) is 1. The summed E-state index contributed by atoms with van der Waals surface area (Å²) in [6, 6.07) is 0. The molecular formula is C18H34O2. The number of aliphatic carboxylic acids is 1. The third kappa shape index (κ3) is 9.39. The second-order valence-corrected chi connectivity index (χ2v) is 6.66. The number of carbonyl (C=O) groups is 1. The van der Waals surface area contributed by atoms with Crippen LogP contribution < -0.4 is 0 Å². The molecule has 0 aromatic carbocycles. The van der Waals surface area contributed by atoms with Crippen molar-refractivity contribution in [3.05, 3.63) is 0 Å². The van der Waals surface area contributed by atoms with Crippen LogP contribution in [0.5, 0.6) is 0 Å². The lowest BCUT2D eigenvalue weighted by Crippen LogP contribution is -1.94. The third-order valence-electron chi connectivity index (χ3n) is 4.71. The summed E-state index contributed by atoms with van der Waals surface area (Å²) in [5.74, 6) is 1.28. The number of hydrogen-bond acceptors (Lipinski definition) is 1. The van der Waals surface area contributed by atoms with E-state index in [0.29, 0.717) is 6.42 Å². The number of carboxylic acids is 1. The average molecular weight is 282 g/mol. The van der Waals surface area contributed by atoms with Gasteiger partial charge in [-0.2, -0.15) is 0 Å². The van der Waals surface area contributed by atoms with Gasteiger partial charge in [-0.15, -0.1) is 0 Å². The smallest absolute Gasteiger partial charge is 0.303 e. The molecule has 0 unspecified atom stereocenters. The molecule has 2 atom stereocenters. The zero-order chi connectivity index (χ0) is 14.6. The summed E-state index contributed by atoms with van der Waals surface area (Å²) in [7, 11) is 0. The van der Waals surface area contributed by atoms with E-state index in [1.165, 1.54) is 70.6 Å². The van der Waals surface area contributed by atoms with Crippen LogP contribution in [0.3, 0.4) is 0 Å². The van der Waals surface area contributed by atoms with Crippen molar-refractivity contribution in [3.63, 3.8) is 0 Å². The molecule has 0 radical (unpaired) electrons. The van der Waals surface area contributed by atoms with E-state index in [1.807, 2.05) is 0 Å². The number of hydrogen-bond donors (Lipinski definition) is 1. The Hall–Kier alpha value is -0.530. The summed E-state index contributed by atoms with van der Waals surface area (Å²) >= 11 is 0. The molecule has 2 nitrogen and oxygen atoms in total. The molecule has 118 valence electrons. The molecule has 0 aromatic heterocycles. The fraction of sp³-hybridized carbons (Fsp3) is 0.944. The minimum absolute atomic E-state index is 0.357. The van der Waals surface area contributed by atoms with Crippen molar-refractivity contribution in [2.24, 2.45) is 11.8 Å². The SMILES string of the molecule is CCCCCCCCCC[C@@H]1C[C@@H]1CCCCC(=O)O. The Bertz CT molecular complexity index is 250. The van der Waals surface area contributed by atoms with Gasteiger partial charge in [0.2, 0.25) is 0 Å². The highest BCUT2D eigenvalue weighted by Crippen LogP contribution is 2.45. The van der Waals surface area contributed by atoms with Crippen molar-refractivity contribution < 1.29 is 9.90 Å². The summed E-state index contributed by atoms with van der Waals surface area (Å²) in [6.45, 7) is 2.27. The van der Waals surface area contributed by atoms with Gasteiger partial charge < -0.3 is 5.11 Å². The summed E-state index contributed by atoms with van der Waals surface area (Å²) in [6.07, 6.45) is 17.8. The Balaban J connectivity index is 1.77. The lowest BCUT2D eigenvalue weighted by molar-refractivity contribution is -0.137. The van der Waals surface area contributed by atoms with Crippen molar-refractivity contribution >= 4 is 5.97 Å². The monoisotopic (exact) mass is 282 g/mol. The highest BCUT2D eigenvalue weighted by Gasteiger charge is 2.35.